The monoisotopic (exact) mass is 599 g/mol. The molecule has 0 bridgehead atoms. The number of aromatic nitrogens is 2. The quantitative estimate of drug-likeness (QED) is 0.162. The van der Waals surface area contributed by atoms with Gasteiger partial charge in [0.25, 0.3) is 0 Å². The Balaban J connectivity index is 1.44. The standard InChI is InChI=1S/C33H31F6N3O/c1-3-31(4-2,24-15-13-21(14-16-24)23-11-8-12-25(17-23)32(34,35)36)19-28(43)26-20-40-42-29(33(37,38)39)18-27(41-30(26)42)22-9-6-5-7-10-22/h5-17,20,27,29,41H,3-4,18-19H2,1-2H3. The van der Waals surface area contributed by atoms with Gasteiger partial charge in [0.2, 0.25) is 0 Å². The van der Waals surface area contributed by atoms with Crippen LogP contribution in [-0.2, 0) is 11.6 Å². The van der Waals surface area contributed by atoms with Crippen LogP contribution in [0, 0.1) is 0 Å². The van der Waals surface area contributed by atoms with Crippen molar-refractivity contribution in [1.82, 2.24) is 9.78 Å². The molecule has 1 aromatic heterocycles. The summed E-state index contributed by atoms with van der Waals surface area (Å²) in [5, 5.41) is 7.16. The van der Waals surface area contributed by atoms with Gasteiger partial charge in [-0.2, -0.15) is 31.4 Å². The van der Waals surface area contributed by atoms with Gasteiger partial charge in [-0.25, -0.2) is 4.68 Å². The summed E-state index contributed by atoms with van der Waals surface area (Å²) in [6, 6.07) is 18.4. The van der Waals surface area contributed by atoms with Gasteiger partial charge in [-0.1, -0.05) is 80.6 Å². The molecule has 0 aliphatic carbocycles. The lowest BCUT2D eigenvalue weighted by atomic mass is 9.71. The molecule has 0 fully saturated rings. The number of alkyl halides is 6. The minimum absolute atomic E-state index is 0.0238. The first-order valence-electron chi connectivity index (χ1n) is 14.1. The van der Waals surface area contributed by atoms with Gasteiger partial charge >= 0.3 is 12.4 Å². The van der Waals surface area contributed by atoms with Crippen molar-refractivity contribution in [2.24, 2.45) is 0 Å². The van der Waals surface area contributed by atoms with Crippen molar-refractivity contribution in [3.05, 3.63) is 107 Å². The molecule has 0 saturated heterocycles. The second-order valence-electron chi connectivity index (χ2n) is 11.0. The molecular formula is C33H31F6N3O. The van der Waals surface area contributed by atoms with Crippen molar-refractivity contribution >= 4 is 11.6 Å². The summed E-state index contributed by atoms with van der Waals surface area (Å²) >= 11 is 0. The summed E-state index contributed by atoms with van der Waals surface area (Å²) in [7, 11) is 0. The molecule has 1 aliphatic rings. The first kappa shape index (κ1) is 30.4. The first-order chi connectivity index (χ1) is 20.4. The van der Waals surface area contributed by atoms with Gasteiger partial charge in [0.05, 0.1) is 23.4 Å². The largest absolute Gasteiger partial charge is 0.416 e. The van der Waals surface area contributed by atoms with Crippen LogP contribution in [0.1, 0.15) is 78.7 Å². The van der Waals surface area contributed by atoms with E-state index in [0.717, 1.165) is 22.4 Å². The van der Waals surface area contributed by atoms with E-state index in [1.54, 1.807) is 48.5 Å². The molecule has 1 N–H and O–H groups in total. The summed E-state index contributed by atoms with van der Waals surface area (Å²) in [6.07, 6.45) is -6.92. The van der Waals surface area contributed by atoms with Crippen LogP contribution < -0.4 is 5.32 Å². The number of hydrogen-bond acceptors (Lipinski definition) is 3. The fourth-order valence-corrected chi connectivity index (χ4v) is 5.97. The number of hydrogen-bond donors (Lipinski definition) is 1. The van der Waals surface area contributed by atoms with Crippen molar-refractivity contribution < 1.29 is 31.1 Å². The van der Waals surface area contributed by atoms with E-state index < -0.39 is 35.4 Å². The Kier molecular flexibility index (Phi) is 8.15. The number of fused-ring (bicyclic) bond motifs is 1. The minimum atomic E-state index is -4.56. The van der Waals surface area contributed by atoms with Gasteiger partial charge in [-0.05, 0) is 47.2 Å². The summed E-state index contributed by atoms with van der Waals surface area (Å²) in [4.78, 5) is 13.8. The zero-order chi connectivity index (χ0) is 31.0. The highest BCUT2D eigenvalue weighted by Gasteiger charge is 2.47. The molecule has 2 heterocycles. The molecule has 3 aromatic carbocycles. The topological polar surface area (TPSA) is 46.9 Å². The molecule has 4 aromatic rings. The number of Topliss-reactive ketones (excluding diaryl/α,β-unsaturated/α-hetero) is 1. The molecular weight excluding hydrogens is 568 g/mol. The Morgan fingerprint density at radius 1 is 0.860 bits per heavy atom. The fourth-order valence-electron chi connectivity index (χ4n) is 5.97. The molecule has 2 unspecified atom stereocenters. The van der Waals surface area contributed by atoms with Crippen LogP contribution in [0.4, 0.5) is 32.2 Å². The lowest BCUT2D eigenvalue weighted by molar-refractivity contribution is -0.173. The number of nitrogens with zero attached hydrogens (tertiary/aromatic N) is 2. The Bertz CT molecular complexity index is 1570. The number of rotatable bonds is 8. The molecule has 0 spiro atoms. The first-order valence-corrected chi connectivity index (χ1v) is 14.1. The predicted octanol–water partition coefficient (Wildman–Crippen LogP) is 9.56. The summed E-state index contributed by atoms with van der Waals surface area (Å²) in [5.74, 6) is -0.289. The molecule has 0 radical (unpaired) electrons. The summed E-state index contributed by atoms with van der Waals surface area (Å²) in [6.45, 7) is 3.88. The van der Waals surface area contributed by atoms with Crippen molar-refractivity contribution in [3.63, 3.8) is 0 Å². The highest BCUT2D eigenvalue weighted by atomic mass is 19.4. The number of carbonyl (C=O) groups excluding carboxylic acids is 1. The van der Waals surface area contributed by atoms with E-state index in [-0.39, 0.29) is 30.0 Å². The molecule has 1 aliphatic heterocycles. The third-order valence-corrected chi connectivity index (χ3v) is 8.61. The van der Waals surface area contributed by atoms with E-state index in [1.165, 1.54) is 12.3 Å². The third kappa shape index (κ3) is 6.05. The Labute approximate surface area is 245 Å². The minimum Gasteiger partial charge on any atom is -0.363 e. The van der Waals surface area contributed by atoms with E-state index in [2.05, 4.69) is 10.4 Å². The average molecular weight is 600 g/mol. The van der Waals surface area contributed by atoms with E-state index in [4.69, 9.17) is 0 Å². The van der Waals surface area contributed by atoms with Gasteiger partial charge in [-0.3, -0.25) is 4.79 Å². The van der Waals surface area contributed by atoms with Gasteiger partial charge < -0.3 is 5.32 Å². The molecule has 4 nitrogen and oxygen atoms in total. The molecule has 0 amide bonds. The van der Waals surface area contributed by atoms with Crippen molar-refractivity contribution in [3.8, 4) is 11.1 Å². The number of benzene rings is 3. The molecule has 0 saturated carbocycles. The van der Waals surface area contributed by atoms with Gasteiger partial charge in [0, 0.05) is 18.3 Å². The molecule has 2 atom stereocenters. The lowest BCUT2D eigenvalue weighted by Crippen LogP contribution is -2.36. The van der Waals surface area contributed by atoms with E-state index >= 15 is 0 Å². The van der Waals surface area contributed by atoms with Crippen LogP contribution in [0.25, 0.3) is 11.1 Å². The second kappa shape index (κ2) is 11.5. The lowest BCUT2D eigenvalue weighted by Gasteiger charge is -2.35. The van der Waals surface area contributed by atoms with Gasteiger partial charge in [0.1, 0.15) is 5.82 Å². The van der Waals surface area contributed by atoms with Crippen LogP contribution in [0.5, 0.6) is 0 Å². The highest BCUT2D eigenvalue weighted by molar-refractivity contribution is 6.01. The van der Waals surface area contributed by atoms with E-state index in [1.807, 2.05) is 26.0 Å². The van der Waals surface area contributed by atoms with Crippen LogP contribution in [0.15, 0.2) is 85.1 Å². The maximum Gasteiger partial charge on any atom is 0.416 e. The van der Waals surface area contributed by atoms with Crippen LogP contribution in [0.3, 0.4) is 0 Å². The normalized spacial score (nSPS) is 17.3. The number of ketones is 1. The van der Waals surface area contributed by atoms with Crippen LogP contribution >= 0.6 is 0 Å². The van der Waals surface area contributed by atoms with E-state index in [9.17, 15) is 31.1 Å². The van der Waals surface area contributed by atoms with Gasteiger partial charge in [0.15, 0.2) is 11.8 Å². The van der Waals surface area contributed by atoms with Crippen molar-refractivity contribution in [2.75, 3.05) is 5.32 Å². The van der Waals surface area contributed by atoms with E-state index in [0.29, 0.717) is 29.5 Å². The Morgan fingerprint density at radius 3 is 2.14 bits per heavy atom. The summed E-state index contributed by atoms with van der Waals surface area (Å²) in [5.41, 5.74) is 1.24. The molecule has 10 heteroatoms. The third-order valence-electron chi connectivity index (χ3n) is 8.61. The van der Waals surface area contributed by atoms with Crippen LogP contribution in [-0.4, -0.2) is 21.7 Å². The SMILES string of the molecule is CCC(CC)(CC(=O)c1cnn2c1NC(c1ccccc1)CC2C(F)(F)F)c1ccc(-c2cccc(C(F)(F)F)c2)cc1. The Morgan fingerprint density at radius 2 is 1.53 bits per heavy atom. The maximum atomic E-state index is 14.1. The highest BCUT2D eigenvalue weighted by Crippen LogP contribution is 2.45. The average Bonchev–Trinajstić information content (AvgIpc) is 3.43. The number of nitrogens with one attached hydrogen (secondary N) is 1. The Hall–Kier alpha value is -4.08. The number of halogens is 6. The van der Waals surface area contributed by atoms with Gasteiger partial charge in [-0.15, -0.1) is 0 Å². The van der Waals surface area contributed by atoms with Crippen LogP contribution in [0.2, 0.25) is 0 Å². The number of anilines is 1. The fraction of sp³-hybridized carbons (Fsp3) is 0.333. The zero-order valence-corrected chi connectivity index (χ0v) is 23.6. The van der Waals surface area contributed by atoms with Crippen molar-refractivity contribution in [2.45, 2.75) is 69.4 Å². The second-order valence-corrected chi connectivity index (χ2v) is 11.0. The molecule has 226 valence electrons. The van der Waals surface area contributed by atoms with Crippen molar-refractivity contribution in [1.29, 1.82) is 0 Å². The smallest absolute Gasteiger partial charge is 0.363 e. The molecule has 5 rings (SSSR count). The zero-order valence-electron chi connectivity index (χ0n) is 23.6. The maximum absolute atomic E-state index is 14.1. The number of carbonyl (C=O) groups is 1. The predicted molar refractivity (Wildman–Crippen MR) is 153 cm³/mol. The molecule has 43 heavy (non-hydrogen) atoms. The summed E-state index contributed by atoms with van der Waals surface area (Å²) < 4.78 is 82.9.